The van der Waals surface area contributed by atoms with Crippen LogP contribution in [0.25, 0.3) is 0 Å². The van der Waals surface area contributed by atoms with Crippen molar-refractivity contribution in [3.8, 4) is 0 Å². The maximum absolute atomic E-state index is 12.2. The quantitative estimate of drug-likeness (QED) is 0.884. The van der Waals surface area contributed by atoms with Gasteiger partial charge in [0.1, 0.15) is 0 Å². The molecule has 0 spiro atoms. The van der Waals surface area contributed by atoms with Crippen molar-refractivity contribution in [1.82, 2.24) is 10.6 Å². The molecule has 0 aliphatic carbocycles. The van der Waals surface area contributed by atoms with Gasteiger partial charge in [-0.2, -0.15) is 0 Å². The highest BCUT2D eigenvalue weighted by Gasteiger charge is 2.19. The summed E-state index contributed by atoms with van der Waals surface area (Å²) in [6.45, 7) is 5.26. The Balaban J connectivity index is 1.54. The first-order chi connectivity index (χ1) is 9.72. The van der Waals surface area contributed by atoms with E-state index >= 15 is 0 Å². The number of hydrogen-bond donors (Lipinski definition) is 2. The minimum absolute atomic E-state index is 0.0262. The molecular weight excluding hydrogens is 252 g/mol. The van der Waals surface area contributed by atoms with E-state index in [1.165, 1.54) is 18.4 Å². The Morgan fingerprint density at radius 3 is 3.00 bits per heavy atom. The van der Waals surface area contributed by atoms with E-state index in [9.17, 15) is 4.79 Å². The highest BCUT2D eigenvalue weighted by Crippen LogP contribution is 2.21. The van der Waals surface area contributed by atoms with E-state index in [1.54, 1.807) is 0 Å². The van der Waals surface area contributed by atoms with Crippen LogP contribution >= 0.6 is 0 Å². The molecule has 1 fully saturated rings. The summed E-state index contributed by atoms with van der Waals surface area (Å²) in [6, 6.07) is 6.46. The third-order valence-electron chi connectivity index (χ3n) is 4.30. The lowest BCUT2D eigenvalue weighted by atomic mass is 9.95. The third-order valence-corrected chi connectivity index (χ3v) is 4.30. The first-order valence-electron chi connectivity index (χ1n) is 7.43. The summed E-state index contributed by atoms with van der Waals surface area (Å²) in [5, 5.41) is 6.52. The van der Waals surface area contributed by atoms with Gasteiger partial charge in [0.05, 0.1) is 13.2 Å². The normalized spacial score (nSPS) is 25.2. The van der Waals surface area contributed by atoms with Crippen molar-refractivity contribution >= 4 is 5.91 Å². The van der Waals surface area contributed by atoms with Gasteiger partial charge >= 0.3 is 0 Å². The second-order valence-electron chi connectivity index (χ2n) is 5.94. The zero-order valence-corrected chi connectivity index (χ0v) is 11.9. The largest absolute Gasteiger partial charge is 0.372 e. The maximum atomic E-state index is 12.2. The molecule has 1 saturated heterocycles. The van der Waals surface area contributed by atoms with Crippen LogP contribution < -0.4 is 10.6 Å². The predicted octanol–water partition coefficient (Wildman–Crippen LogP) is 1.83. The van der Waals surface area contributed by atoms with Crippen LogP contribution in [0.2, 0.25) is 0 Å². The Bertz CT molecular complexity index is 493. The minimum Gasteiger partial charge on any atom is -0.372 e. The van der Waals surface area contributed by atoms with Gasteiger partial charge in [0.25, 0.3) is 5.91 Å². The number of benzene rings is 1. The van der Waals surface area contributed by atoms with Crippen LogP contribution in [0.1, 0.15) is 41.3 Å². The lowest BCUT2D eigenvalue weighted by Gasteiger charge is -2.27. The zero-order chi connectivity index (χ0) is 13.9. The van der Waals surface area contributed by atoms with Crippen LogP contribution in [-0.4, -0.2) is 25.0 Å². The summed E-state index contributed by atoms with van der Waals surface area (Å²) in [5.74, 6) is 0.575. The topological polar surface area (TPSA) is 50.4 Å². The number of fused-ring (bicyclic) bond motifs is 1. The fourth-order valence-corrected chi connectivity index (χ4v) is 2.88. The van der Waals surface area contributed by atoms with Crippen molar-refractivity contribution in [3.05, 3.63) is 34.9 Å². The Hall–Kier alpha value is -1.39. The molecular formula is C16H22N2O2. The van der Waals surface area contributed by atoms with Gasteiger partial charge < -0.3 is 15.4 Å². The summed E-state index contributed by atoms with van der Waals surface area (Å²) in [4.78, 5) is 12.2. The summed E-state index contributed by atoms with van der Waals surface area (Å²) >= 11 is 0. The lowest BCUT2D eigenvalue weighted by Crippen LogP contribution is -2.41. The van der Waals surface area contributed by atoms with E-state index in [-0.39, 0.29) is 5.91 Å². The van der Waals surface area contributed by atoms with Crippen molar-refractivity contribution in [2.45, 2.75) is 39.0 Å². The molecule has 2 unspecified atom stereocenters. The molecule has 108 valence electrons. The van der Waals surface area contributed by atoms with Crippen LogP contribution in [0.15, 0.2) is 18.2 Å². The Kier molecular flexibility index (Phi) is 4.03. The minimum atomic E-state index is 0.0262. The smallest absolute Gasteiger partial charge is 0.251 e. The predicted molar refractivity (Wildman–Crippen MR) is 77.5 cm³/mol. The molecule has 2 N–H and O–H groups in total. The number of nitrogens with one attached hydrogen (secondary N) is 2. The first-order valence-corrected chi connectivity index (χ1v) is 7.43. The van der Waals surface area contributed by atoms with Gasteiger partial charge in [-0.25, -0.2) is 0 Å². The molecule has 0 radical (unpaired) electrons. The van der Waals surface area contributed by atoms with Crippen molar-refractivity contribution in [2.24, 2.45) is 5.92 Å². The van der Waals surface area contributed by atoms with E-state index < -0.39 is 0 Å². The molecule has 3 rings (SSSR count). The number of piperidine rings is 1. The van der Waals surface area contributed by atoms with Crippen molar-refractivity contribution < 1.29 is 9.53 Å². The Morgan fingerprint density at radius 1 is 1.35 bits per heavy atom. The van der Waals surface area contributed by atoms with Crippen molar-refractivity contribution in [1.29, 1.82) is 0 Å². The van der Waals surface area contributed by atoms with Gasteiger partial charge in [-0.3, -0.25) is 4.79 Å². The van der Waals surface area contributed by atoms with Gasteiger partial charge in [-0.1, -0.05) is 6.07 Å². The molecule has 1 aromatic carbocycles. The number of amides is 1. The van der Waals surface area contributed by atoms with E-state index in [1.807, 2.05) is 18.2 Å². The van der Waals surface area contributed by atoms with E-state index in [0.29, 0.717) is 25.2 Å². The molecule has 2 aliphatic heterocycles. The van der Waals surface area contributed by atoms with Crippen LogP contribution in [0.4, 0.5) is 0 Å². The average Bonchev–Trinajstić information content (AvgIpc) is 2.93. The van der Waals surface area contributed by atoms with Gasteiger partial charge in [-0.15, -0.1) is 0 Å². The first kappa shape index (κ1) is 13.6. The molecule has 4 nitrogen and oxygen atoms in total. The lowest BCUT2D eigenvalue weighted by molar-refractivity contribution is 0.0943. The van der Waals surface area contributed by atoms with E-state index in [4.69, 9.17) is 4.74 Å². The number of hydrogen-bond acceptors (Lipinski definition) is 3. The molecule has 20 heavy (non-hydrogen) atoms. The standard InChI is InChI=1S/C16H22N2O2/c1-11-2-3-12(7-17-11)8-18-16(19)13-4-5-14-9-20-10-15(14)6-13/h4-6,11-12,17H,2-3,7-10H2,1H3,(H,18,19). The molecule has 2 aliphatic rings. The van der Waals surface area contributed by atoms with Crippen molar-refractivity contribution in [2.75, 3.05) is 13.1 Å². The monoisotopic (exact) mass is 274 g/mol. The fourth-order valence-electron chi connectivity index (χ4n) is 2.88. The van der Waals surface area contributed by atoms with Crippen LogP contribution in [-0.2, 0) is 18.0 Å². The van der Waals surface area contributed by atoms with Gasteiger partial charge in [0.15, 0.2) is 0 Å². The summed E-state index contributed by atoms with van der Waals surface area (Å²) < 4.78 is 5.37. The van der Waals surface area contributed by atoms with Gasteiger partial charge in [0, 0.05) is 18.2 Å². The summed E-state index contributed by atoms with van der Waals surface area (Å²) in [5.41, 5.74) is 3.09. The number of carbonyl (C=O) groups is 1. The van der Waals surface area contributed by atoms with Gasteiger partial charge in [0.2, 0.25) is 0 Å². The molecule has 2 heterocycles. The average molecular weight is 274 g/mol. The Labute approximate surface area is 119 Å². The number of rotatable bonds is 3. The molecule has 2 atom stereocenters. The van der Waals surface area contributed by atoms with Crippen LogP contribution in [0, 0.1) is 5.92 Å². The molecule has 0 saturated carbocycles. The second-order valence-corrected chi connectivity index (χ2v) is 5.94. The highest BCUT2D eigenvalue weighted by molar-refractivity contribution is 5.94. The maximum Gasteiger partial charge on any atom is 0.251 e. The Morgan fingerprint density at radius 2 is 2.20 bits per heavy atom. The van der Waals surface area contributed by atoms with Crippen LogP contribution in [0.3, 0.4) is 0 Å². The van der Waals surface area contributed by atoms with Gasteiger partial charge in [-0.05, 0) is 55.5 Å². The number of carbonyl (C=O) groups excluding carboxylic acids is 1. The second kappa shape index (κ2) is 5.94. The molecule has 1 aromatic rings. The fraction of sp³-hybridized carbons (Fsp3) is 0.562. The van der Waals surface area contributed by atoms with Crippen LogP contribution in [0.5, 0.6) is 0 Å². The zero-order valence-electron chi connectivity index (χ0n) is 11.9. The molecule has 0 aromatic heterocycles. The SMILES string of the molecule is CC1CCC(CNC(=O)c2ccc3c(c2)COC3)CN1. The highest BCUT2D eigenvalue weighted by atomic mass is 16.5. The molecule has 4 heteroatoms. The van der Waals surface area contributed by atoms with E-state index in [2.05, 4.69) is 17.6 Å². The number of ether oxygens (including phenoxy) is 1. The molecule has 1 amide bonds. The van der Waals surface area contributed by atoms with E-state index in [0.717, 1.165) is 24.2 Å². The van der Waals surface area contributed by atoms with Crippen molar-refractivity contribution in [3.63, 3.8) is 0 Å². The summed E-state index contributed by atoms with van der Waals surface area (Å²) in [6.07, 6.45) is 2.38. The molecule has 0 bridgehead atoms. The third kappa shape index (κ3) is 3.02. The summed E-state index contributed by atoms with van der Waals surface area (Å²) in [7, 11) is 0.